The molecule has 0 aromatic carbocycles. The van der Waals surface area contributed by atoms with Crippen molar-refractivity contribution in [2.24, 2.45) is 4.99 Å². The van der Waals surface area contributed by atoms with E-state index in [0.717, 1.165) is 77.2 Å². The van der Waals surface area contributed by atoms with Crippen LogP contribution in [-0.4, -0.2) is 73.3 Å². The number of nitrogens with zero attached hydrogens (tertiary/aromatic N) is 5. The first-order valence-corrected chi connectivity index (χ1v) is 9.48. The van der Waals surface area contributed by atoms with Crippen molar-refractivity contribution in [1.29, 1.82) is 0 Å². The minimum Gasteiger partial charge on any atom is -0.381 e. The predicted molar refractivity (Wildman–Crippen MR) is 118 cm³/mol. The largest absolute Gasteiger partial charge is 0.381 e. The zero-order valence-corrected chi connectivity index (χ0v) is 18.4. The van der Waals surface area contributed by atoms with Gasteiger partial charge in [0.2, 0.25) is 5.95 Å². The molecule has 1 N–H and O–H groups in total. The third kappa shape index (κ3) is 8.03. The number of rotatable bonds is 9. The fourth-order valence-electron chi connectivity index (χ4n) is 2.70. The van der Waals surface area contributed by atoms with Crippen LogP contribution in [0.3, 0.4) is 0 Å². The Kier molecular flexibility index (Phi) is 12.3. The van der Waals surface area contributed by atoms with Crippen LogP contribution in [-0.2, 0) is 4.74 Å². The smallest absolute Gasteiger partial charge is 0.225 e. The molecule has 0 unspecified atom stereocenters. The van der Waals surface area contributed by atoms with Crippen LogP contribution in [0.4, 0.5) is 5.95 Å². The van der Waals surface area contributed by atoms with Gasteiger partial charge in [0.1, 0.15) is 0 Å². The van der Waals surface area contributed by atoms with Crippen molar-refractivity contribution >= 4 is 35.9 Å². The molecule has 148 valence electrons. The van der Waals surface area contributed by atoms with E-state index < -0.39 is 0 Å². The van der Waals surface area contributed by atoms with Crippen LogP contribution >= 0.6 is 24.0 Å². The molecule has 2 rings (SSSR count). The maximum Gasteiger partial charge on any atom is 0.225 e. The molecule has 0 amide bonds. The quantitative estimate of drug-likeness (QED) is 0.256. The Morgan fingerprint density at radius 3 is 2.46 bits per heavy atom. The minimum absolute atomic E-state index is 0. The molecule has 2 heterocycles. The molecule has 7 nitrogen and oxygen atoms in total. The second kappa shape index (κ2) is 14.0. The third-order valence-electron chi connectivity index (χ3n) is 4.10. The lowest BCUT2D eigenvalue weighted by molar-refractivity contribution is 0.130. The Morgan fingerprint density at radius 2 is 1.81 bits per heavy atom. The van der Waals surface area contributed by atoms with Crippen LogP contribution in [0, 0.1) is 0 Å². The Morgan fingerprint density at radius 1 is 1.12 bits per heavy atom. The van der Waals surface area contributed by atoms with E-state index in [-0.39, 0.29) is 24.0 Å². The molecule has 1 aromatic rings. The zero-order chi connectivity index (χ0) is 17.7. The summed E-state index contributed by atoms with van der Waals surface area (Å²) in [6, 6.07) is 1.85. The van der Waals surface area contributed by atoms with Crippen LogP contribution in [0.2, 0.25) is 0 Å². The second-order valence-electron chi connectivity index (χ2n) is 6.08. The molecule has 1 aliphatic heterocycles. The number of hydrogen-bond acceptors (Lipinski definition) is 5. The molecular formula is C18H33IN6O. The Hall–Kier alpha value is -1.16. The number of halogens is 1. The van der Waals surface area contributed by atoms with Gasteiger partial charge in [-0.15, -0.1) is 24.0 Å². The molecule has 0 bridgehead atoms. The number of unbranched alkanes of at least 4 members (excludes halogenated alkanes) is 1. The number of guanidine groups is 1. The Balaban J connectivity index is 0.00000338. The molecule has 0 saturated carbocycles. The van der Waals surface area contributed by atoms with E-state index in [4.69, 9.17) is 9.73 Å². The van der Waals surface area contributed by atoms with Gasteiger partial charge in [0.05, 0.1) is 0 Å². The number of nitrogens with one attached hydrogen (secondary N) is 1. The zero-order valence-electron chi connectivity index (χ0n) is 16.1. The molecule has 1 fully saturated rings. The first-order chi connectivity index (χ1) is 12.3. The van der Waals surface area contributed by atoms with Gasteiger partial charge in [0.15, 0.2) is 5.96 Å². The average Bonchev–Trinajstić information content (AvgIpc) is 2.67. The maximum atomic E-state index is 5.60. The molecule has 0 spiro atoms. The molecule has 26 heavy (non-hydrogen) atoms. The molecule has 0 atom stereocenters. The second-order valence-corrected chi connectivity index (χ2v) is 6.08. The third-order valence-corrected chi connectivity index (χ3v) is 4.10. The number of hydrogen-bond donors (Lipinski definition) is 1. The molecule has 0 radical (unpaired) electrons. The van der Waals surface area contributed by atoms with Gasteiger partial charge in [-0.05, 0) is 25.8 Å². The lowest BCUT2D eigenvalue weighted by Crippen LogP contribution is -2.53. The fourth-order valence-corrected chi connectivity index (χ4v) is 2.70. The van der Waals surface area contributed by atoms with E-state index >= 15 is 0 Å². The highest BCUT2D eigenvalue weighted by Gasteiger charge is 2.20. The average molecular weight is 476 g/mol. The summed E-state index contributed by atoms with van der Waals surface area (Å²) >= 11 is 0. The van der Waals surface area contributed by atoms with Crippen molar-refractivity contribution < 1.29 is 4.74 Å². The van der Waals surface area contributed by atoms with Crippen molar-refractivity contribution in [3.05, 3.63) is 18.5 Å². The van der Waals surface area contributed by atoms with Crippen LogP contribution in [0.5, 0.6) is 0 Å². The van der Waals surface area contributed by atoms with Gasteiger partial charge in [0.25, 0.3) is 0 Å². The van der Waals surface area contributed by atoms with Crippen LogP contribution in [0.15, 0.2) is 23.5 Å². The lowest BCUT2D eigenvalue weighted by atomic mass is 10.3. The summed E-state index contributed by atoms with van der Waals surface area (Å²) in [5.74, 6) is 1.82. The molecular weight excluding hydrogens is 443 g/mol. The van der Waals surface area contributed by atoms with Crippen molar-refractivity contribution in [3.63, 3.8) is 0 Å². The Bertz CT molecular complexity index is 494. The van der Waals surface area contributed by atoms with Crippen molar-refractivity contribution in [1.82, 2.24) is 20.2 Å². The van der Waals surface area contributed by atoms with Crippen molar-refractivity contribution in [2.75, 3.05) is 57.4 Å². The van der Waals surface area contributed by atoms with Gasteiger partial charge in [-0.25, -0.2) is 9.97 Å². The minimum atomic E-state index is 0. The van der Waals surface area contributed by atoms with Gasteiger partial charge in [-0.3, -0.25) is 4.99 Å². The summed E-state index contributed by atoms with van der Waals surface area (Å²) in [5.41, 5.74) is 0. The highest BCUT2D eigenvalue weighted by molar-refractivity contribution is 14.0. The molecule has 8 heteroatoms. The fraction of sp³-hybridized carbons (Fsp3) is 0.722. The molecule has 1 saturated heterocycles. The number of aliphatic imine (C=N–C) groups is 1. The highest BCUT2D eigenvalue weighted by Crippen LogP contribution is 2.09. The summed E-state index contributed by atoms with van der Waals surface area (Å²) in [6.45, 7) is 11.3. The van der Waals surface area contributed by atoms with E-state index in [9.17, 15) is 0 Å². The predicted octanol–water partition coefficient (Wildman–Crippen LogP) is 2.39. The van der Waals surface area contributed by atoms with Gasteiger partial charge in [0, 0.05) is 64.9 Å². The highest BCUT2D eigenvalue weighted by atomic mass is 127. The van der Waals surface area contributed by atoms with E-state index in [1.807, 2.05) is 6.07 Å². The van der Waals surface area contributed by atoms with E-state index in [0.29, 0.717) is 0 Å². The van der Waals surface area contributed by atoms with E-state index in [2.05, 4.69) is 38.9 Å². The number of piperazine rings is 1. The van der Waals surface area contributed by atoms with Gasteiger partial charge >= 0.3 is 0 Å². The maximum absolute atomic E-state index is 5.60. The number of ether oxygens (including phenoxy) is 1. The summed E-state index contributed by atoms with van der Waals surface area (Å²) in [7, 11) is 0. The SMILES string of the molecule is CCCCOCCCN=C(NCC)N1CCN(c2ncccn2)CC1.I. The first kappa shape index (κ1) is 22.9. The monoisotopic (exact) mass is 476 g/mol. The van der Waals surface area contributed by atoms with E-state index in [1.54, 1.807) is 12.4 Å². The Labute approximate surface area is 174 Å². The normalized spacial score (nSPS) is 14.9. The van der Waals surface area contributed by atoms with Crippen molar-refractivity contribution in [2.45, 2.75) is 33.1 Å². The van der Waals surface area contributed by atoms with Gasteiger partial charge in [-0.1, -0.05) is 13.3 Å². The van der Waals surface area contributed by atoms with Crippen LogP contribution in [0.1, 0.15) is 33.1 Å². The van der Waals surface area contributed by atoms with Gasteiger partial charge < -0.3 is 19.9 Å². The van der Waals surface area contributed by atoms with Crippen molar-refractivity contribution in [3.8, 4) is 0 Å². The van der Waals surface area contributed by atoms with Gasteiger partial charge in [-0.2, -0.15) is 0 Å². The van der Waals surface area contributed by atoms with E-state index in [1.165, 1.54) is 6.42 Å². The summed E-state index contributed by atoms with van der Waals surface area (Å²) in [6.07, 6.45) is 6.88. The molecule has 0 aliphatic carbocycles. The first-order valence-electron chi connectivity index (χ1n) is 9.48. The molecule has 1 aromatic heterocycles. The summed E-state index contributed by atoms with van der Waals surface area (Å²) in [5, 5.41) is 3.40. The number of anilines is 1. The standard InChI is InChI=1S/C18H32N6O.HI/c1-3-5-15-25-16-7-10-22-17(19-4-2)23-11-13-24(14-12-23)18-20-8-6-9-21-18;/h6,8-9H,3-5,7,10-16H2,1-2H3,(H,19,22);1H. The molecule has 1 aliphatic rings. The number of aromatic nitrogens is 2. The summed E-state index contributed by atoms with van der Waals surface area (Å²) in [4.78, 5) is 18.0. The van der Waals surface area contributed by atoms with Crippen LogP contribution in [0.25, 0.3) is 0 Å². The van der Waals surface area contributed by atoms with Crippen LogP contribution < -0.4 is 10.2 Å². The topological polar surface area (TPSA) is 65.9 Å². The summed E-state index contributed by atoms with van der Waals surface area (Å²) < 4.78 is 5.60. The lowest BCUT2D eigenvalue weighted by Gasteiger charge is -2.36.